The zero-order valence-electron chi connectivity index (χ0n) is 14.9. The predicted octanol–water partition coefficient (Wildman–Crippen LogP) is 4.31. The summed E-state index contributed by atoms with van der Waals surface area (Å²) < 4.78 is 0. The second kappa shape index (κ2) is 7.96. The molecule has 1 aliphatic rings. The molecule has 1 atom stereocenters. The minimum atomic E-state index is -0.847. The van der Waals surface area contributed by atoms with Gasteiger partial charge in [0.2, 0.25) is 0 Å². The van der Waals surface area contributed by atoms with Gasteiger partial charge in [0.15, 0.2) is 0 Å². The van der Waals surface area contributed by atoms with Crippen LogP contribution in [0.4, 0.5) is 0 Å². The van der Waals surface area contributed by atoms with Gasteiger partial charge >= 0.3 is 5.97 Å². The van der Waals surface area contributed by atoms with Gasteiger partial charge in [-0.1, -0.05) is 30.3 Å². The van der Waals surface area contributed by atoms with Crippen molar-refractivity contribution in [2.75, 3.05) is 13.1 Å². The van der Waals surface area contributed by atoms with Crippen LogP contribution in [0.15, 0.2) is 59.5 Å². The number of thioether (sulfide) groups is 1. The van der Waals surface area contributed by atoms with Gasteiger partial charge in [0.25, 0.3) is 5.91 Å². The van der Waals surface area contributed by atoms with Crippen LogP contribution in [-0.2, 0) is 10.5 Å². The molecule has 1 fully saturated rings. The summed E-state index contributed by atoms with van der Waals surface area (Å²) in [7, 11) is 0. The molecular weight excluding hydrogens is 346 g/mol. The molecule has 3 rings (SSSR count). The summed E-state index contributed by atoms with van der Waals surface area (Å²) in [5, 5.41) is 9.42. The molecule has 0 radical (unpaired) electrons. The van der Waals surface area contributed by atoms with Crippen LogP contribution in [0.5, 0.6) is 0 Å². The molecule has 0 bridgehead atoms. The summed E-state index contributed by atoms with van der Waals surface area (Å²) in [4.78, 5) is 27.1. The Morgan fingerprint density at radius 2 is 1.81 bits per heavy atom. The Kier molecular flexibility index (Phi) is 5.67. The molecule has 1 N–H and O–H groups in total. The van der Waals surface area contributed by atoms with Crippen LogP contribution in [0.2, 0.25) is 0 Å². The number of carbonyl (C=O) groups excluding carboxylic acids is 1. The smallest absolute Gasteiger partial charge is 0.311 e. The van der Waals surface area contributed by atoms with Crippen LogP contribution >= 0.6 is 11.8 Å². The fraction of sp³-hybridized carbons (Fsp3) is 0.333. The number of likely N-dealkylation sites (tertiary alicyclic amines) is 1. The lowest BCUT2D eigenvalue weighted by molar-refractivity contribution is -0.150. The van der Waals surface area contributed by atoms with Crippen molar-refractivity contribution in [1.29, 1.82) is 0 Å². The minimum Gasteiger partial charge on any atom is -0.481 e. The van der Waals surface area contributed by atoms with E-state index in [2.05, 4.69) is 12.1 Å². The topological polar surface area (TPSA) is 57.6 Å². The maximum Gasteiger partial charge on any atom is 0.311 e. The molecule has 1 amide bonds. The Labute approximate surface area is 158 Å². The summed E-state index contributed by atoms with van der Waals surface area (Å²) in [6.07, 6.45) is 1.34. The SMILES string of the molecule is CC1(C(=O)O)CCCN(C(=O)c2ccc(CSc3ccccc3)cc2)C1. The number of carboxylic acids is 1. The van der Waals surface area contributed by atoms with Crippen molar-refractivity contribution >= 4 is 23.6 Å². The average Bonchev–Trinajstić information content (AvgIpc) is 2.67. The molecule has 1 saturated heterocycles. The van der Waals surface area contributed by atoms with E-state index < -0.39 is 11.4 Å². The lowest BCUT2D eigenvalue weighted by Gasteiger charge is -2.37. The highest BCUT2D eigenvalue weighted by molar-refractivity contribution is 7.98. The first kappa shape index (κ1) is 18.5. The highest BCUT2D eigenvalue weighted by Crippen LogP contribution is 2.30. The Bertz CT molecular complexity index is 776. The lowest BCUT2D eigenvalue weighted by atomic mass is 9.82. The van der Waals surface area contributed by atoms with Crippen molar-refractivity contribution in [3.05, 3.63) is 65.7 Å². The van der Waals surface area contributed by atoms with Crippen LogP contribution in [-0.4, -0.2) is 35.0 Å². The van der Waals surface area contributed by atoms with Gasteiger partial charge in [0.05, 0.1) is 5.41 Å². The first-order valence-electron chi connectivity index (χ1n) is 8.77. The van der Waals surface area contributed by atoms with Gasteiger partial charge in [-0.25, -0.2) is 0 Å². The number of carboxylic acid groups (broad SMARTS) is 1. The van der Waals surface area contributed by atoms with E-state index >= 15 is 0 Å². The van der Waals surface area contributed by atoms with Crippen molar-refractivity contribution in [3.8, 4) is 0 Å². The predicted molar refractivity (Wildman–Crippen MR) is 103 cm³/mol. The molecule has 2 aromatic rings. The highest BCUT2D eigenvalue weighted by atomic mass is 32.2. The molecule has 1 unspecified atom stereocenters. The van der Waals surface area contributed by atoms with Crippen LogP contribution in [0, 0.1) is 5.41 Å². The third kappa shape index (κ3) is 4.28. The zero-order valence-corrected chi connectivity index (χ0v) is 15.7. The van der Waals surface area contributed by atoms with Crippen molar-refractivity contribution in [3.63, 3.8) is 0 Å². The summed E-state index contributed by atoms with van der Waals surface area (Å²) in [6, 6.07) is 17.8. The molecular formula is C21H23NO3S. The average molecular weight is 369 g/mol. The Morgan fingerprint density at radius 3 is 2.46 bits per heavy atom. The number of piperidine rings is 1. The first-order valence-corrected chi connectivity index (χ1v) is 9.76. The normalized spacial score (nSPS) is 20.0. The van der Waals surface area contributed by atoms with E-state index in [-0.39, 0.29) is 12.5 Å². The highest BCUT2D eigenvalue weighted by Gasteiger charge is 2.39. The number of hydrogen-bond acceptors (Lipinski definition) is 3. The minimum absolute atomic E-state index is 0.0839. The fourth-order valence-corrected chi connectivity index (χ4v) is 4.07. The molecule has 5 heteroatoms. The van der Waals surface area contributed by atoms with Crippen molar-refractivity contribution in [1.82, 2.24) is 4.90 Å². The molecule has 2 aromatic carbocycles. The summed E-state index contributed by atoms with van der Waals surface area (Å²) in [6.45, 7) is 2.61. The molecule has 0 spiro atoms. The molecule has 1 heterocycles. The standard InChI is InChI=1S/C21H23NO3S/c1-21(20(24)25)12-5-13-22(15-21)19(23)17-10-8-16(9-11-17)14-26-18-6-3-2-4-7-18/h2-4,6-11H,5,12-15H2,1H3,(H,24,25). The number of aliphatic carboxylic acids is 1. The number of carbonyl (C=O) groups is 2. The van der Waals surface area contributed by atoms with E-state index in [9.17, 15) is 14.7 Å². The summed E-state index contributed by atoms with van der Waals surface area (Å²) >= 11 is 1.76. The third-order valence-electron chi connectivity index (χ3n) is 4.85. The maximum absolute atomic E-state index is 12.7. The number of nitrogens with zero attached hydrogens (tertiary/aromatic N) is 1. The maximum atomic E-state index is 12.7. The van der Waals surface area contributed by atoms with Crippen LogP contribution in [0.25, 0.3) is 0 Å². The van der Waals surface area contributed by atoms with Gasteiger partial charge in [-0.2, -0.15) is 0 Å². The fourth-order valence-electron chi connectivity index (χ4n) is 3.20. The van der Waals surface area contributed by atoms with Gasteiger partial charge in [0, 0.05) is 29.3 Å². The van der Waals surface area contributed by atoms with E-state index in [1.54, 1.807) is 23.6 Å². The Hall–Kier alpha value is -2.27. The summed E-state index contributed by atoms with van der Waals surface area (Å²) in [5.41, 5.74) is 0.928. The number of benzene rings is 2. The second-order valence-electron chi connectivity index (χ2n) is 6.99. The van der Waals surface area contributed by atoms with Crippen molar-refractivity contribution in [2.24, 2.45) is 5.41 Å². The molecule has 0 saturated carbocycles. The van der Waals surface area contributed by atoms with E-state index in [0.29, 0.717) is 18.5 Å². The van der Waals surface area contributed by atoms with Crippen LogP contribution < -0.4 is 0 Å². The van der Waals surface area contributed by atoms with Crippen molar-refractivity contribution < 1.29 is 14.7 Å². The third-order valence-corrected chi connectivity index (χ3v) is 5.93. The van der Waals surface area contributed by atoms with E-state index in [0.717, 1.165) is 17.7 Å². The summed E-state index contributed by atoms with van der Waals surface area (Å²) in [5.74, 6) is -0.0676. The second-order valence-corrected chi connectivity index (χ2v) is 8.04. The molecule has 136 valence electrons. The molecule has 1 aliphatic heterocycles. The van der Waals surface area contributed by atoms with Crippen molar-refractivity contribution in [2.45, 2.75) is 30.4 Å². The van der Waals surface area contributed by atoms with Gasteiger partial charge in [0.1, 0.15) is 0 Å². The van der Waals surface area contributed by atoms with Crippen LogP contribution in [0.1, 0.15) is 35.7 Å². The molecule has 26 heavy (non-hydrogen) atoms. The van der Waals surface area contributed by atoms with Gasteiger partial charge in [-0.3, -0.25) is 9.59 Å². The van der Waals surface area contributed by atoms with Crippen LogP contribution in [0.3, 0.4) is 0 Å². The Morgan fingerprint density at radius 1 is 1.12 bits per heavy atom. The first-order chi connectivity index (χ1) is 12.5. The van der Waals surface area contributed by atoms with Gasteiger partial charge in [-0.15, -0.1) is 11.8 Å². The number of amides is 1. The van der Waals surface area contributed by atoms with E-state index in [1.165, 1.54) is 4.90 Å². The van der Waals surface area contributed by atoms with Gasteiger partial charge in [-0.05, 0) is 49.6 Å². The zero-order chi connectivity index (χ0) is 18.6. The molecule has 0 aromatic heterocycles. The quantitative estimate of drug-likeness (QED) is 0.798. The number of rotatable bonds is 5. The molecule has 4 nitrogen and oxygen atoms in total. The largest absolute Gasteiger partial charge is 0.481 e. The Balaban J connectivity index is 1.62. The van der Waals surface area contributed by atoms with Gasteiger partial charge < -0.3 is 10.0 Å². The number of hydrogen-bond donors (Lipinski definition) is 1. The van der Waals surface area contributed by atoms with E-state index in [4.69, 9.17) is 0 Å². The monoisotopic (exact) mass is 369 g/mol. The van der Waals surface area contributed by atoms with E-state index in [1.807, 2.05) is 42.5 Å². The molecule has 0 aliphatic carbocycles. The lowest BCUT2D eigenvalue weighted by Crippen LogP contribution is -2.48.